The Morgan fingerprint density at radius 3 is 2.63 bits per heavy atom. The maximum atomic E-state index is 12.1. The van der Waals surface area contributed by atoms with Crippen LogP contribution in [0.3, 0.4) is 0 Å². The minimum atomic E-state index is -0.187. The zero-order valence-electron chi connectivity index (χ0n) is 11.3. The van der Waals surface area contributed by atoms with Gasteiger partial charge in [-0.2, -0.15) is 0 Å². The first-order valence-corrected chi connectivity index (χ1v) is 6.41. The average Bonchev–Trinajstić information content (AvgIpc) is 2.45. The van der Waals surface area contributed by atoms with Crippen molar-refractivity contribution in [1.82, 2.24) is 14.5 Å². The molecule has 19 heavy (non-hydrogen) atoms. The largest absolute Gasteiger partial charge is 0.392 e. The van der Waals surface area contributed by atoms with Gasteiger partial charge in [-0.15, -0.1) is 0 Å². The van der Waals surface area contributed by atoms with Gasteiger partial charge in [-0.3, -0.25) is 14.3 Å². The van der Waals surface area contributed by atoms with Gasteiger partial charge in [-0.05, 0) is 18.6 Å². The molecule has 2 N–H and O–H groups in total. The Bertz CT molecular complexity index is 619. The van der Waals surface area contributed by atoms with Gasteiger partial charge in [0.1, 0.15) is 17.2 Å². The summed E-state index contributed by atoms with van der Waals surface area (Å²) in [6.45, 7) is 2.11. The molecule has 0 saturated heterocycles. The van der Waals surface area contributed by atoms with Crippen LogP contribution in [-0.4, -0.2) is 14.5 Å². The van der Waals surface area contributed by atoms with Crippen LogP contribution in [0.5, 0.6) is 0 Å². The second-order valence-electron chi connectivity index (χ2n) is 4.49. The van der Waals surface area contributed by atoms with Gasteiger partial charge >= 0.3 is 0 Å². The summed E-state index contributed by atoms with van der Waals surface area (Å²) in [7, 11) is 1.72. The summed E-state index contributed by atoms with van der Waals surface area (Å²) in [6, 6.07) is 3.61. The topological polar surface area (TPSA) is 73.8 Å². The summed E-state index contributed by atoms with van der Waals surface area (Å²) in [6.07, 6.45) is 6.17. The molecule has 0 aliphatic heterocycles. The van der Waals surface area contributed by atoms with Crippen molar-refractivity contribution in [2.75, 3.05) is 5.73 Å². The number of nitrogens with two attached hydrogens (primary N) is 1. The molecule has 100 valence electrons. The van der Waals surface area contributed by atoms with Crippen molar-refractivity contribution in [2.45, 2.75) is 26.2 Å². The van der Waals surface area contributed by atoms with Crippen LogP contribution in [0.15, 0.2) is 29.3 Å². The van der Waals surface area contributed by atoms with E-state index >= 15 is 0 Å². The molecule has 0 saturated carbocycles. The van der Waals surface area contributed by atoms with Crippen molar-refractivity contribution < 1.29 is 0 Å². The van der Waals surface area contributed by atoms with Gasteiger partial charge < -0.3 is 5.73 Å². The van der Waals surface area contributed by atoms with Crippen LogP contribution in [-0.2, 0) is 13.5 Å². The molecular formula is C14H18N4O. The molecule has 2 aromatic heterocycles. The van der Waals surface area contributed by atoms with E-state index in [1.54, 1.807) is 19.4 Å². The van der Waals surface area contributed by atoms with Gasteiger partial charge in [-0.25, -0.2) is 4.98 Å². The van der Waals surface area contributed by atoms with Crippen LogP contribution in [0.25, 0.3) is 11.3 Å². The molecule has 0 atom stereocenters. The Balaban J connectivity index is 2.56. The molecule has 0 aliphatic carbocycles. The number of nitrogen functional groups attached to an aromatic ring is 1. The molecule has 0 aromatic carbocycles. The van der Waals surface area contributed by atoms with E-state index in [9.17, 15) is 4.79 Å². The van der Waals surface area contributed by atoms with E-state index < -0.39 is 0 Å². The summed E-state index contributed by atoms with van der Waals surface area (Å²) < 4.78 is 1.54. The summed E-state index contributed by atoms with van der Waals surface area (Å²) >= 11 is 0. The monoisotopic (exact) mass is 258 g/mol. The molecule has 5 heteroatoms. The minimum Gasteiger partial charge on any atom is -0.392 e. The van der Waals surface area contributed by atoms with Gasteiger partial charge in [0.2, 0.25) is 0 Å². The second kappa shape index (κ2) is 5.65. The summed E-state index contributed by atoms with van der Waals surface area (Å²) in [4.78, 5) is 20.6. The van der Waals surface area contributed by atoms with E-state index in [0.717, 1.165) is 30.7 Å². The number of unbranched alkanes of at least 4 members (excludes halogenated alkanes) is 1. The first-order valence-electron chi connectivity index (χ1n) is 6.41. The molecule has 0 amide bonds. The zero-order valence-corrected chi connectivity index (χ0v) is 11.3. The van der Waals surface area contributed by atoms with Crippen molar-refractivity contribution in [1.29, 1.82) is 0 Å². The predicted octanol–water partition coefficient (Wildman–Crippen LogP) is 1.77. The molecule has 0 fully saturated rings. The van der Waals surface area contributed by atoms with Gasteiger partial charge in [0, 0.05) is 31.4 Å². The average molecular weight is 258 g/mol. The molecule has 2 aromatic rings. The van der Waals surface area contributed by atoms with Crippen LogP contribution in [0, 0.1) is 0 Å². The molecule has 5 nitrogen and oxygen atoms in total. The number of nitrogens with zero attached hydrogens (tertiary/aromatic N) is 3. The van der Waals surface area contributed by atoms with Gasteiger partial charge in [0.25, 0.3) is 5.56 Å². The van der Waals surface area contributed by atoms with Gasteiger partial charge in [0.15, 0.2) is 0 Å². The third-order valence-corrected chi connectivity index (χ3v) is 3.13. The third-order valence-electron chi connectivity index (χ3n) is 3.13. The Morgan fingerprint density at radius 1 is 1.32 bits per heavy atom. The minimum absolute atomic E-state index is 0.187. The fourth-order valence-corrected chi connectivity index (χ4v) is 1.95. The molecular weight excluding hydrogens is 240 g/mol. The van der Waals surface area contributed by atoms with E-state index in [1.165, 1.54) is 4.57 Å². The van der Waals surface area contributed by atoms with Crippen LogP contribution in [0.2, 0.25) is 0 Å². The fraction of sp³-hybridized carbons (Fsp3) is 0.357. The standard InChI is InChI=1S/C14H18N4O/c1-3-4-5-11-17-13(10-6-8-16-9-7-10)12(15)14(19)18(11)2/h6-9H,3-5,15H2,1-2H3. The number of hydrogen-bond donors (Lipinski definition) is 1. The highest BCUT2D eigenvalue weighted by Crippen LogP contribution is 2.20. The smallest absolute Gasteiger partial charge is 0.277 e. The lowest BCUT2D eigenvalue weighted by atomic mass is 10.1. The van der Waals surface area contributed by atoms with Crippen molar-refractivity contribution in [3.63, 3.8) is 0 Å². The fourth-order valence-electron chi connectivity index (χ4n) is 1.95. The molecule has 0 spiro atoms. The lowest BCUT2D eigenvalue weighted by Gasteiger charge is -2.11. The molecule has 0 bridgehead atoms. The van der Waals surface area contributed by atoms with Gasteiger partial charge in [-0.1, -0.05) is 13.3 Å². The molecule has 2 heterocycles. The Kier molecular flexibility index (Phi) is 3.94. The maximum absolute atomic E-state index is 12.1. The lowest BCUT2D eigenvalue weighted by Crippen LogP contribution is -2.26. The van der Waals surface area contributed by atoms with E-state index in [1.807, 2.05) is 12.1 Å². The molecule has 0 aliphatic rings. The zero-order chi connectivity index (χ0) is 13.8. The molecule has 0 radical (unpaired) electrons. The maximum Gasteiger partial charge on any atom is 0.277 e. The van der Waals surface area contributed by atoms with Gasteiger partial charge in [0.05, 0.1) is 0 Å². The first kappa shape index (κ1) is 13.3. The Morgan fingerprint density at radius 2 is 2.00 bits per heavy atom. The Labute approximate surface area is 112 Å². The number of aryl methyl sites for hydroxylation is 1. The molecule has 2 rings (SSSR count). The highest BCUT2D eigenvalue weighted by atomic mass is 16.1. The predicted molar refractivity (Wildman–Crippen MR) is 75.7 cm³/mol. The SMILES string of the molecule is CCCCc1nc(-c2ccncc2)c(N)c(=O)n1C. The van der Waals surface area contributed by atoms with Crippen LogP contribution in [0.4, 0.5) is 5.69 Å². The van der Waals surface area contributed by atoms with E-state index in [4.69, 9.17) is 5.73 Å². The first-order chi connectivity index (χ1) is 9.15. The number of pyridine rings is 1. The number of anilines is 1. The number of rotatable bonds is 4. The quantitative estimate of drug-likeness (QED) is 0.907. The van der Waals surface area contributed by atoms with Crippen molar-refractivity contribution >= 4 is 5.69 Å². The normalized spacial score (nSPS) is 10.6. The highest BCUT2D eigenvalue weighted by molar-refractivity contribution is 5.71. The number of aromatic nitrogens is 3. The van der Waals surface area contributed by atoms with Crippen LogP contribution < -0.4 is 11.3 Å². The van der Waals surface area contributed by atoms with Crippen molar-refractivity contribution in [3.05, 3.63) is 40.7 Å². The molecule has 0 unspecified atom stereocenters. The van der Waals surface area contributed by atoms with Crippen molar-refractivity contribution in [2.24, 2.45) is 7.05 Å². The third kappa shape index (κ3) is 2.65. The summed E-state index contributed by atoms with van der Waals surface area (Å²) in [5.74, 6) is 0.771. The van der Waals surface area contributed by atoms with Crippen molar-refractivity contribution in [3.8, 4) is 11.3 Å². The van der Waals surface area contributed by atoms with Crippen LogP contribution >= 0.6 is 0 Å². The lowest BCUT2D eigenvalue weighted by molar-refractivity contribution is 0.678. The number of hydrogen-bond acceptors (Lipinski definition) is 4. The van der Waals surface area contributed by atoms with E-state index in [-0.39, 0.29) is 11.2 Å². The van der Waals surface area contributed by atoms with E-state index in [0.29, 0.717) is 5.69 Å². The Hall–Kier alpha value is -2.17. The summed E-state index contributed by atoms with van der Waals surface area (Å²) in [5.41, 5.74) is 7.27. The van der Waals surface area contributed by atoms with E-state index in [2.05, 4.69) is 16.9 Å². The summed E-state index contributed by atoms with van der Waals surface area (Å²) in [5, 5.41) is 0. The second-order valence-corrected chi connectivity index (χ2v) is 4.49. The van der Waals surface area contributed by atoms with Crippen LogP contribution in [0.1, 0.15) is 25.6 Å². The highest BCUT2D eigenvalue weighted by Gasteiger charge is 2.13.